The molecule has 0 aliphatic rings. The number of hydrogen-bond acceptors (Lipinski definition) is 4. The van der Waals surface area contributed by atoms with E-state index in [1.165, 1.54) is 11.3 Å². The van der Waals surface area contributed by atoms with Crippen LogP contribution in [0.2, 0.25) is 5.02 Å². The number of nitrogens with two attached hydrogens (primary N) is 1. The summed E-state index contributed by atoms with van der Waals surface area (Å²) in [5.74, 6) is 0.122. The molecule has 0 unspecified atom stereocenters. The van der Waals surface area contributed by atoms with E-state index in [0.717, 1.165) is 32.9 Å². The van der Waals surface area contributed by atoms with Crippen molar-refractivity contribution in [2.75, 3.05) is 0 Å². The van der Waals surface area contributed by atoms with Crippen molar-refractivity contribution in [3.63, 3.8) is 0 Å². The molecule has 6 nitrogen and oxygen atoms in total. The van der Waals surface area contributed by atoms with Gasteiger partial charge in [0, 0.05) is 16.8 Å². The van der Waals surface area contributed by atoms with Gasteiger partial charge >= 0.3 is 0 Å². The van der Waals surface area contributed by atoms with E-state index in [9.17, 15) is 0 Å². The fourth-order valence-corrected chi connectivity index (χ4v) is 4.25. The lowest BCUT2D eigenvalue weighted by Gasteiger charge is -2.01. The third kappa shape index (κ3) is 4.16. The first-order valence-corrected chi connectivity index (χ1v) is 11.0. The summed E-state index contributed by atoms with van der Waals surface area (Å²) in [7, 11) is 0. The van der Waals surface area contributed by atoms with Crippen molar-refractivity contribution in [3.8, 4) is 16.9 Å². The average Bonchev–Trinajstić information content (AvgIpc) is 3.38. The van der Waals surface area contributed by atoms with Crippen LogP contribution in [0.3, 0.4) is 0 Å². The Balaban J connectivity index is 1.55. The van der Waals surface area contributed by atoms with Crippen LogP contribution in [0.15, 0.2) is 94.9 Å². The largest absolute Gasteiger partial charge is 0.368 e. The minimum Gasteiger partial charge on any atom is -0.368 e. The summed E-state index contributed by atoms with van der Waals surface area (Å²) in [5, 5.41) is 6.02. The molecule has 0 atom stereocenters. The summed E-state index contributed by atoms with van der Waals surface area (Å²) >= 11 is 7.35. The van der Waals surface area contributed by atoms with Crippen LogP contribution in [-0.2, 0) is 0 Å². The normalized spacial score (nSPS) is 12.1. The lowest BCUT2D eigenvalue weighted by Crippen LogP contribution is -2.07. The fraction of sp³-hybridized carbons (Fsp3) is 0. The number of benzene rings is 3. The maximum atomic E-state index is 6.04. The molecular formula is C24H17ClN6S. The maximum Gasteiger partial charge on any atom is 0.222 e. The summed E-state index contributed by atoms with van der Waals surface area (Å²) in [6.07, 6.45) is 1.64. The quantitative estimate of drug-likeness (QED) is 0.271. The Labute approximate surface area is 193 Å². The van der Waals surface area contributed by atoms with Gasteiger partial charge in [0.05, 0.1) is 5.69 Å². The van der Waals surface area contributed by atoms with Crippen LogP contribution in [0.4, 0.5) is 5.13 Å². The second-order valence-corrected chi connectivity index (χ2v) is 8.30. The van der Waals surface area contributed by atoms with Crippen molar-refractivity contribution in [2.45, 2.75) is 0 Å². The fourth-order valence-electron chi connectivity index (χ4n) is 3.19. The Morgan fingerprint density at radius 3 is 2.34 bits per heavy atom. The van der Waals surface area contributed by atoms with Gasteiger partial charge < -0.3 is 5.73 Å². The molecule has 0 radical (unpaired) electrons. The highest BCUT2D eigenvalue weighted by Crippen LogP contribution is 2.37. The molecule has 0 bridgehead atoms. The molecule has 0 fully saturated rings. The summed E-state index contributed by atoms with van der Waals surface area (Å²) in [6.45, 7) is 0. The average molecular weight is 457 g/mol. The van der Waals surface area contributed by atoms with E-state index in [4.69, 9.17) is 27.4 Å². The Bertz CT molecular complexity index is 1350. The van der Waals surface area contributed by atoms with Crippen molar-refractivity contribution >= 4 is 50.6 Å². The molecule has 0 saturated carbocycles. The highest BCUT2D eigenvalue weighted by Gasteiger charge is 2.18. The number of hydrogen-bond donors (Lipinski definition) is 1. The Hall–Kier alpha value is -3.81. The van der Waals surface area contributed by atoms with Crippen molar-refractivity contribution < 1.29 is 0 Å². The highest BCUT2D eigenvalue weighted by atomic mass is 35.5. The van der Waals surface area contributed by atoms with Gasteiger partial charge in [0.15, 0.2) is 5.65 Å². The van der Waals surface area contributed by atoms with E-state index >= 15 is 0 Å². The third-order valence-corrected chi connectivity index (χ3v) is 5.88. The Kier molecular flexibility index (Phi) is 5.49. The van der Waals surface area contributed by atoms with Crippen molar-refractivity contribution in [3.05, 3.63) is 95.5 Å². The predicted molar refractivity (Wildman–Crippen MR) is 133 cm³/mol. The number of halogens is 1. The van der Waals surface area contributed by atoms with E-state index < -0.39 is 0 Å². The summed E-state index contributed by atoms with van der Waals surface area (Å²) < 4.78 is 2.77. The van der Waals surface area contributed by atoms with Crippen LogP contribution in [0.5, 0.6) is 0 Å². The summed E-state index contributed by atoms with van der Waals surface area (Å²) in [6, 6.07) is 27.2. The lowest BCUT2D eigenvalue weighted by molar-refractivity contribution is 0.902. The highest BCUT2D eigenvalue weighted by molar-refractivity contribution is 7.22. The van der Waals surface area contributed by atoms with Gasteiger partial charge in [0.1, 0.15) is 10.4 Å². The minimum atomic E-state index is 0.122. The second-order valence-electron chi connectivity index (χ2n) is 6.89. The first kappa shape index (κ1) is 20.1. The maximum absolute atomic E-state index is 6.04. The molecule has 5 rings (SSSR count). The van der Waals surface area contributed by atoms with Crippen LogP contribution >= 0.6 is 22.9 Å². The molecule has 0 amide bonds. The van der Waals surface area contributed by atoms with E-state index in [1.807, 2.05) is 77.5 Å². The molecule has 2 heterocycles. The van der Waals surface area contributed by atoms with Crippen molar-refractivity contribution in [2.24, 2.45) is 15.7 Å². The zero-order valence-electron chi connectivity index (χ0n) is 16.8. The molecule has 8 heteroatoms. The van der Waals surface area contributed by atoms with Crippen LogP contribution in [0.25, 0.3) is 27.3 Å². The second kappa shape index (κ2) is 8.74. The monoisotopic (exact) mass is 456 g/mol. The van der Waals surface area contributed by atoms with Crippen LogP contribution in [0, 0.1) is 0 Å². The molecule has 0 aliphatic carbocycles. The topological polar surface area (TPSA) is 81.4 Å². The van der Waals surface area contributed by atoms with Gasteiger partial charge in [-0.25, -0.2) is 9.67 Å². The standard InChI is InChI=1S/C24H17ClN6S/c25-18-13-11-16(12-14-18)15-27-23(26)29-24-28-22-21(32-24)20(17-7-3-1-4-8-17)30-31(22)19-9-5-2-6-10-19/h1-15H,(H2,26,28,29)/b27-15+. The summed E-state index contributed by atoms with van der Waals surface area (Å²) in [5.41, 5.74) is 10.4. The molecule has 3 aromatic carbocycles. The number of nitrogens with zero attached hydrogens (tertiary/aromatic N) is 5. The molecule has 2 N–H and O–H groups in total. The van der Waals surface area contributed by atoms with E-state index in [1.54, 1.807) is 18.3 Å². The van der Waals surface area contributed by atoms with E-state index in [0.29, 0.717) is 10.2 Å². The lowest BCUT2D eigenvalue weighted by atomic mass is 10.2. The van der Waals surface area contributed by atoms with Gasteiger partial charge in [-0.3, -0.25) is 0 Å². The van der Waals surface area contributed by atoms with Gasteiger partial charge in [-0.05, 0) is 29.8 Å². The van der Waals surface area contributed by atoms with Gasteiger partial charge in [-0.1, -0.05) is 83.6 Å². The predicted octanol–water partition coefficient (Wildman–Crippen LogP) is 5.87. The molecule has 32 heavy (non-hydrogen) atoms. The van der Waals surface area contributed by atoms with Crippen LogP contribution in [-0.4, -0.2) is 26.9 Å². The number of aromatic nitrogens is 3. The number of thiazole rings is 1. The molecule has 0 saturated heterocycles. The molecular weight excluding hydrogens is 440 g/mol. The van der Waals surface area contributed by atoms with Crippen LogP contribution < -0.4 is 5.73 Å². The third-order valence-electron chi connectivity index (χ3n) is 4.69. The molecule has 2 aromatic heterocycles. The van der Waals surface area contributed by atoms with E-state index in [2.05, 4.69) is 9.98 Å². The van der Waals surface area contributed by atoms with Gasteiger partial charge in [-0.2, -0.15) is 15.1 Å². The molecule has 0 aliphatic heterocycles. The SMILES string of the molecule is NC(/N=C/c1ccc(Cl)cc1)=N\c1nc2c(s1)c(-c1ccccc1)nn2-c1ccccc1. The number of fused-ring (bicyclic) bond motifs is 1. The Morgan fingerprint density at radius 2 is 1.62 bits per heavy atom. The number of para-hydroxylation sites is 1. The number of guanidine groups is 1. The van der Waals surface area contributed by atoms with Crippen LogP contribution in [0.1, 0.15) is 5.56 Å². The van der Waals surface area contributed by atoms with Gasteiger partial charge in [-0.15, -0.1) is 0 Å². The molecule has 156 valence electrons. The first-order valence-electron chi connectivity index (χ1n) is 9.81. The smallest absolute Gasteiger partial charge is 0.222 e. The first-order chi connectivity index (χ1) is 15.7. The molecule has 5 aromatic rings. The van der Waals surface area contributed by atoms with E-state index in [-0.39, 0.29) is 5.96 Å². The molecule has 0 spiro atoms. The minimum absolute atomic E-state index is 0.122. The van der Waals surface area contributed by atoms with Crippen molar-refractivity contribution in [1.82, 2.24) is 14.8 Å². The number of aliphatic imine (C=N–C) groups is 2. The Morgan fingerprint density at radius 1 is 0.938 bits per heavy atom. The number of rotatable bonds is 4. The summed E-state index contributed by atoms with van der Waals surface area (Å²) in [4.78, 5) is 13.3. The van der Waals surface area contributed by atoms with Gasteiger partial charge in [0.2, 0.25) is 11.1 Å². The van der Waals surface area contributed by atoms with Gasteiger partial charge in [0.25, 0.3) is 0 Å². The zero-order valence-corrected chi connectivity index (χ0v) is 18.3. The zero-order chi connectivity index (χ0) is 21.9. The van der Waals surface area contributed by atoms with Crippen molar-refractivity contribution in [1.29, 1.82) is 0 Å².